The van der Waals surface area contributed by atoms with E-state index in [0.717, 1.165) is 26.2 Å². The summed E-state index contributed by atoms with van der Waals surface area (Å²) in [7, 11) is 1.99. The van der Waals surface area contributed by atoms with Crippen molar-refractivity contribution >= 4 is 0 Å². The van der Waals surface area contributed by atoms with Gasteiger partial charge in [0.05, 0.1) is 12.7 Å². The van der Waals surface area contributed by atoms with Crippen molar-refractivity contribution in [3.8, 4) is 0 Å². The first-order chi connectivity index (χ1) is 9.86. The maximum Gasteiger partial charge on any atom is 0.0731 e. The minimum Gasteiger partial charge on any atom is -0.375 e. The average molecular weight is 274 g/mol. The summed E-state index contributed by atoms with van der Waals surface area (Å²) < 4.78 is 5.95. The minimum absolute atomic E-state index is 0.487. The first-order valence-electron chi connectivity index (χ1n) is 7.95. The van der Waals surface area contributed by atoms with Crippen LogP contribution in [0.2, 0.25) is 0 Å². The average Bonchev–Trinajstić information content (AvgIpc) is 2.50. The number of rotatable bonds is 4. The van der Waals surface area contributed by atoms with Gasteiger partial charge in [-0.2, -0.15) is 0 Å². The molecule has 110 valence electrons. The molecule has 2 fully saturated rings. The third-order valence-electron chi connectivity index (χ3n) is 4.64. The summed E-state index contributed by atoms with van der Waals surface area (Å²) in [5, 5.41) is 3.20. The fourth-order valence-corrected chi connectivity index (χ4v) is 3.57. The highest BCUT2D eigenvalue weighted by atomic mass is 16.5. The van der Waals surface area contributed by atoms with Gasteiger partial charge in [0.15, 0.2) is 0 Å². The van der Waals surface area contributed by atoms with Gasteiger partial charge in [0.1, 0.15) is 0 Å². The van der Waals surface area contributed by atoms with Crippen molar-refractivity contribution in [3.63, 3.8) is 0 Å². The predicted molar refractivity (Wildman–Crippen MR) is 81.6 cm³/mol. The summed E-state index contributed by atoms with van der Waals surface area (Å²) in [4.78, 5) is 2.64. The lowest BCUT2D eigenvalue weighted by Gasteiger charge is -2.43. The minimum atomic E-state index is 0.487. The smallest absolute Gasteiger partial charge is 0.0731 e. The quantitative estimate of drug-likeness (QED) is 0.913. The van der Waals surface area contributed by atoms with Crippen LogP contribution in [0.4, 0.5) is 0 Å². The highest BCUT2D eigenvalue weighted by molar-refractivity contribution is 5.22. The van der Waals surface area contributed by atoms with Crippen molar-refractivity contribution in [2.75, 3.05) is 20.2 Å². The summed E-state index contributed by atoms with van der Waals surface area (Å²) in [6, 6.07) is 9.68. The maximum absolute atomic E-state index is 5.95. The lowest BCUT2D eigenvalue weighted by atomic mass is 9.90. The second kappa shape index (κ2) is 6.70. The number of hydrogen-bond donors (Lipinski definition) is 1. The van der Waals surface area contributed by atoms with Crippen molar-refractivity contribution in [1.82, 2.24) is 10.2 Å². The molecule has 1 heterocycles. The summed E-state index contributed by atoms with van der Waals surface area (Å²) in [6.45, 7) is 4.01. The fourth-order valence-electron chi connectivity index (χ4n) is 3.57. The van der Waals surface area contributed by atoms with Crippen molar-refractivity contribution in [1.29, 1.82) is 0 Å². The van der Waals surface area contributed by atoms with Crippen LogP contribution in [0.1, 0.15) is 36.8 Å². The molecule has 2 aliphatic rings. The Balaban J connectivity index is 1.63. The molecule has 0 amide bonds. The first-order valence-corrected chi connectivity index (χ1v) is 7.95. The van der Waals surface area contributed by atoms with E-state index >= 15 is 0 Å². The Morgan fingerprint density at radius 2 is 1.90 bits per heavy atom. The second-order valence-electron chi connectivity index (χ2n) is 6.08. The third kappa shape index (κ3) is 3.22. The van der Waals surface area contributed by atoms with Crippen LogP contribution in [-0.4, -0.2) is 37.2 Å². The molecule has 0 radical (unpaired) electrons. The van der Waals surface area contributed by atoms with Gasteiger partial charge in [0.2, 0.25) is 0 Å². The zero-order valence-electron chi connectivity index (χ0n) is 12.5. The number of fused-ring (bicyclic) bond motifs is 1. The van der Waals surface area contributed by atoms with Crippen LogP contribution in [0.3, 0.4) is 0 Å². The van der Waals surface area contributed by atoms with E-state index in [4.69, 9.17) is 4.74 Å². The molecule has 1 saturated heterocycles. The Kier molecular flexibility index (Phi) is 4.71. The number of ether oxygens (including phenoxy) is 1. The number of benzene rings is 1. The van der Waals surface area contributed by atoms with Gasteiger partial charge < -0.3 is 10.1 Å². The van der Waals surface area contributed by atoms with E-state index < -0.39 is 0 Å². The van der Waals surface area contributed by atoms with Crippen molar-refractivity contribution in [2.45, 2.75) is 50.9 Å². The Morgan fingerprint density at radius 1 is 1.15 bits per heavy atom. The van der Waals surface area contributed by atoms with Gasteiger partial charge in [-0.05, 0) is 31.0 Å². The van der Waals surface area contributed by atoms with Crippen LogP contribution in [0.25, 0.3) is 0 Å². The first kappa shape index (κ1) is 14.1. The van der Waals surface area contributed by atoms with E-state index in [-0.39, 0.29) is 0 Å². The van der Waals surface area contributed by atoms with Gasteiger partial charge in [-0.25, -0.2) is 0 Å². The largest absolute Gasteiger partial charge is 0.375 e. The number of nitrogens with one attached hydrogen (secondary N) is 1. The molecule has 1 aliphatic carbocycles. The normalized spacial score (nSPS) is 27.2. The Bertz CT molecular complexity index is 416. The summed E-state index contributed by atoms with van der Waals surface area (Å²) >= 11 is 0. The zero-order chi connectivity index (χ0) is 13.8. The molecule has 0 spiro atoms. The van der Waals surface area contributed by atoms with Gasteiger partial charge in [-0.1, -0.05) is 37.1 Å². The predicted octanol–water partition coefficient (Wildman–Crippen LogP) is 2.55. The van der Waals surface area contributed by atoms with Crippen LogP contribution in [0, 0.1) is 0 Å². The van der Waals surface area contributed by atoms with E-state index in [1.165, 1.54) is 36.8 Å². The van der Waals surface area contributed by atoms with E-state index in [9.17, 15) is 0 Å². The topological polar surface area (TPSA) is 24.5 Å². The Morgan fingerprint density at radius 3 is 2.70 bits per heavy atom. The molecule has 3 heteroatoms. The van der Waals surface area contributed by atoms with Crippen molar-refractivity contribution in [2.24, 2.45) is 0 Å². The summed E-state index contributed by atoms with van der Waals surface area (Å²) in [6.07, 6.45) is 5.75. The van der Waals surface area contributed by atoms with Gasteiger partial charge in [-0.15, -0.1) is 0 Å². The van der Waals surface area contributed by atoms with Gasteiger partial charge in [0.25, 0.3) is 0 Å². The zero-order valence-corrected chi connectivity index (χ0v) is 12.5. The summed E-state index contributed by atoms with van der Waals surface area (Å²) in [5.41, 5.74) is 2.78. The van der Waals surface area contributed by atoms with Gasteiger partial charge in [-0.3, -0.25) is 4.90 Å². The molecule has 20 heavy (non-hydrogen) atoms. The van der Waals surface area contributed by atoms with Crippen LogP contribution in [0.5, 0.6) is 0 Å². The number of nitrogens with zero attached hydrogens (tertiary/aromatic N) is 1. The second-order valence-corrected chi connectivity index (χ2v) is 6.08. The van der Waals surface area contributed by atoms with E-state index in [1.807, 2.05) is 7.05 Å². The van der Waals surface area contributed by atoms with Crippen molar-refractivity contribution in [3.05, 3.63) is 35.4 Å². The third-order valence-corrected chi connectivity index (χ3v) is 4.64. The lowest BCUT2D eigenvalue weighted by Crippen LogP contribution is -2.52. The molecule has 1 N–H and O–H groups in total. The van der Waals surface area contributed by atoms with Gasteiger partial charge in [0, 0.05) is 25.7 Å². The molecular formula is C17H26N2O. The van der Waals surface area contributed by atoms with Crippen LogP contribution in [-0.2, 0) is 17.8 Å². The highest BCUT2D eigenvalue weighted by Gasteiger charge is 2.33. The molecule has 2 atom stereocenters. The molecular weight excluding hydrogens is 248 g/mol. The SMILES string of the molecule is CNCc1ccc(CN2CCOC3CCCCC32)cc1. The summed E-state index contributed by atoms with van der Waals surface area (Å²) in [5.74, 6) is 0. The van der Waals surface area contributed by atoms with Crippen LogP contribution < -0.4 is 5.32 Å². The molecule has 1 aromatic rings. The molecule has 2 unspecified atom stereocenters. The van der Waals surface area contributed by atoms with Crippen LogP contribution >= 0.6 is 0 Å². The number of hydrogen-bond acceptors (Lipinski definition) is 3. The standard InChI is InChI=1S/C17H26N2O/c1-18-12-14-6-8-15(9-7-14)13-19-10-11-20-17-5-3-2-4-16(17)19/h6-9,16-18H,2-5,10-13H2,1H3. The van der Waals surface area contributed by atoms with E-state index in [1.54, 1.807) is 0 Å². The molecule has 1 saturated carbocycles. The Hall–Kier alpha value is -0.900. The molecule has 1 aliphatic heterocycles. The molecule has 3 rings (SSSR count). The van der Waals surface area contributed by atoms with Crippen molar-refractivity contribution < 1.29 is 4.74 Å². The highest BCUT2D eigenvalue weighted by Crippen LogP contribution is 2.29. The molecule has 0 aromatic heterocycles. The maximum atomic E-state index is 5.95. The van der Waals surface area contributed by atoms with E-state index in [2.05, 4.69) is 34.5 Å². The molecule has 0 bridgehead atoms. The molecule has 1 aromatic carbocycles. The molecule has 3 nitrogen and oxygen atoms in total. The van der Waals surface area contributed by atoms with E-state index in [0.29, 0.717) is 12.1 Å². The lowest BCUT2D eigenvalue weighted by molar-refractivity contribution is -0.0911. The fraction of sp³-hybridized carbons (Fsp3) is 0.647. The Labute approximate surface area is 122 Å². The monoisotopic (exact) mass is 274 g/mol. The van der Waals surface area contributed by atoms with Crippen LogP contribution in [0.15, 0.2) is 24.3 Å². The van der Waals surface area contributed by atoms with Gasteiger partial charge >= 0.3 is 0 Å². The number of morpholine rings is 1.